The summed E-state index contributed by atoms with van der Waals surface area (Å²) in [5, 5.41) is 23.1. The maximum atomic E-state index is 12.2. The molecule has 0 spiro atoms. The van der Waals surface area contributed by atoms with Crippen LogP contribution in [0.2, 0.25) is 0 Å². The van der Waals surface area contributed by atoms with Crippen LogP contribution < -0.4 is 44.7 Å². The minimum Gasteiger partial charge on any atom is -0.870 e. The Bertz CT molecular complexity index is 759. The van der Waals surface area contributed by atoms with Gasteiger partial charge in [0.15, 0.2) is 0 Å². The summed E-state index contributed by atoms with van der Waals surface area (Å²) >= 11 is 0. The quantitative estimate of drug-likeness (QED) is 0.519. The molecule has 0 aromatic heterocycles. The Hall–Kier alpha value is -2.28. The summed E-state index contributed by atoms with van der Waals surface area (Å²) in [5.41, 5.74) is 0.800. The second-order valence-electron chi connectivity index (χ2n) is 4.58. The van der Waals surface area contributed by atoms with Crippen LogP contribution in [-0.2, 0) is 4.79 Å². The molecule has 0 aliphatic rings. The Kier molecular flexibility index (Phi) is 7.51. The number of aliphatic carboxylic acids is 1. The SMILES string of the molecule is COc1cc(/C(=C\C(=O)O)NC(=O)c2ccccc2)ccc1[O-].[Na+]. The minimum atomic E-state index is -1.22. The predicted octanol–water partition coefficient (Wildman–Crippen LogP) is -1.37. The number of carbonyl (C=O) groups is 2. The van der Waals surface area contributed by atoms with Gasteiger partial charge in [-0.15, -0.1) is 0 Å². The van der Waals surface area contributed by atoms with Gasteiger partial charge in [0.05, 0.1) is 12.8 Å². The van der Waals surface area contributed by atoms with Crippen LogP contribution in [0, 0.1) is 0 Å². The Labute approximate surface area is 161 Å². The van der Waals surface area contributed by atoms with E-state index in [4.69, 9.17) is 9.84 Å². The molecule has 0 saturated carbocycles. The average Bonchev–Trinajstić information content (AvgIpc) is 2.55. The molecule has 24 heavy (non-hydrogen) atoms. The van der Waals surface area contributed by atoms with Crippen molar-refractivity contribution < 1.29 is 54.1 Å². The first-order valence-electron chi connectivity index (χ1n) is 6.67. The molecule has 7 heteroatoms. The topological polar surface area (TPSA) is 98.7 Å². The molecule has 118 valence electrons. The molecular weight excluding hydrogens is 321 g/mol. The van der Waals surface area contributed by atoms with Crippen molar-refractivity contribution in [3.63, 3.8) is 0 Å². The summed E-state index contributed by atoms with van der Waals surface area (Å²) in [5.74, 6) is -1.95. The fourth-order valence-electron chi connectivity index (χ4n) is 1.93. The molecule has 0 radical (unpaired) electrons. The molecule has 0 aliphatic carbocycles. The van der Waals surface area contributed by atoms with Crippen molar-refractivity contribution >= 4 is 17.6 Å². The number of carbonyl (C=O) groups excluding carboxylic acids is 1. The summed E-state index contributed by atoms with van der Waals surface area (Å²) < 4.78 is 4.93. The Morgan fingerprint density at radius 3 is 2.38 bits per heavy atom. The molecule has 0 heterocycles. The minimum absolute atomic E-state index is 0. The number of hydrogen-bond acceptors (Lipinski definition) is 4. The summed E-state index contributed by atoms with van der Waals surface area (Å²) in [6.07, 6.45) is 0.861. The second kappa shape index (κ2) is 9.12. The third-order valence-electron chi connectivity index (χ3n) is 3.03. The smallest absolute Gasteiger partial charge is 0.870 e. The summed E-state index contributed by atoms with van der Waals surface area (Å²) in [4.78, 5) is 23.2. The van der Waals surface area contributed by atoms with E-state index in [0.29, 0.717) is 11.1 Å². The van der Waals surface area contributed by atoms with Crippen LogP contribution in [0.1, 0.15) is 15.9 Å². The maximum Gasteiger partial charge on any atom is 1.00 e. The molecule has 2 aromatic carbocycles. The van der Waals surface area contributed by atoms with Crippen LogP contribution in [-0.4, -0.2) is 24.1 Å². The Morgan fingerprint density at radius 2 is 1.79 bits per heavy atom. The number of benzene rings is 2. The molecule has 0 unspecified atom stereocenters. The third kappa shape index (κ3) is 5.13. The van der Waals surface area contributed by atoms with Crippen molar-refractivity contribution in [1.82, 2.24) is 5.32 Å². The van der Waals surface area contributed by atoms with Crippen molar-refractivity contribution in [2.24, 2.45) is 0 Å². The van der Waals surface area contributed by atoms with E-state index in [0.717, 1.165) is 6.08 Å². The molecule has 2 aromatic rings. The molecule has 0 fully saturated rings. The van der Waals surface area contributed by atoms with Crippen molar-refractivity contribution in [3.05, 3.63) is 65.7 Å². The number of carboxylic acid groups (broad SMARTS) is 1. The molecule has 0 aliphatic heterocycles. The first kappa shape index (κ1) is 19.8. The van der Waals surface area contributed by atoms with Crippen LogP contribution in [0.15, 0.2) is 54.6 Å². The van der Waals surface area contributed by atoms with Crippen molar-refractivity contribution in [3.8, 4) is 11.5 Å². The molecule has 0 atom stereocenters. The fourth-order valence-corrected chi connectivity index (χ4v) is 1.93. The summed E-state index contributed by atoms with van der Waals surface area (Å²) in [6.45, 7) is 0. The largest absolute Gasteiger partial charge is 1.00 e. The van der Waals surface area contributed by atoms with E-state index in [-0.39, 0.29) is 46.8 Å². The summed E-state index contributed by atoms with van der Waals surface area (Å²) in [7, 11) is 1.34. The van der Waals surface area contributed by atoms with E-state index < -0.39 is 11.9 Å². The number of nitrogens with one attached hydrogen (secondary N) is 1. The van der Waals surface area contributed by atoms with Gasteiger partial charge in [-0.1, -0.05) is 36.1 Å². The van der Waals surface area contributed by atoms with Crippen molar-refractivity contribution in [2.45, 2.75) is 0 Å². The molecule has 6 nitrogen and oxygen atoms in total. The van der Waals surface area contributed by atoms with Gasteiger partial charge < -0.3 is 20.3 Å². The Balaban J connectivity index is 0.00000288. The first-order valence-corrected chi connectivity index (χ1v) is 6.67. The standard InChI is InChI=1S/C17H15NO5.Na/c1-23-15-9-12(7-8-14(15)19)13(10-16(20)21)18-17(22)11-5-3-2-4-6-11;/h2-10,19H,1H3,(H,18,22)(H,20,21);/q;+1/p-1/b13-10+;. The normalized spacial score (nSPS) is 10.5. The molecule has 2 rings (SSSR count). The first-order chi connectivity index (χ1) is 11.0. The van der Waals surface area contributed by atoms with Crippen molar-refractivity contribution in [1.29, 1.82) is 0 Å². The number of hydrogen-bond donors (Lipinski definition) is 2. The average molecular weight is 335 g/mol. The number of ether oxygens (including phenoxy) is 1. The van der Waals surface area contributed by atoms with Gasteiger partial charge in [0.1, 0.15) is 5.75 Å². The zero-order valence-electron chi connectivity index (χ0n) is 13.3. The zero-order chi connectivity index (χ0) is 16.8. The van der Waals surface area contributed by atoms with Crippen LogP contribution >= 0.6 is 0 Å². The van der Waals surface area contributed by atoms with Crippen LogP contribution in [0.4, 0.5) is 0 Å². The predicted molar refractivity (Wildman–Crippen MR) is 82.0 cm³/mol. The number of rotatable bonds is 5. The van der Waals surface area contributed by atoms with Gasteiger partial charge in [0.2, 0.25) is 0 Å². The van der Waals surface area contributed by atoms with Gasteiger partial charge in [-0.2, -0.15) is 0 Å². The maximum absolute atomic E-state index is 12.2. The van der Waals surface area contributed by atoms with Gasteiger partial charge in [-0.3, -0.25) is 4.79 Å². The van der Waals surface area contributed by atoms with Crippen LogP contribution in [0.3, 0.4) is 0 Å². The Morgan fingerprint density at radius 1 is 1.12 bits per heavy atom. The van der Waals surface area contributed by atoms with Gasteiger partial charge >= 0.3 is 35.5 Å². The zero-order valence-corrected chi connectivity index (χ0v) is 15.3. The van der Waals surface area contributed by atoms with Gasteiger partial charge in [0.25, 0.3) is 5.91 Å². The van der Waals surface area contributed by atoms with E-state index in [1.165, 1.54) is 25.3 Å². The van der Waals surface area contributed by atoms with Gasteiger partial charge in [-0.25, -0.2) is 4.79 Å². The number of amides is 1. The van der Waals surface area contributed by atoms with E-state index >= 15 is 0 Å². The second-order valence-corrected chi connectivity index (χ2v) is 4.58. The number of methoxy groups -OCH3 is 1. The molecule has 0 saturated heterocycles. The molecule has 2 N–H and O–H groups in total. The van der Waals surface area contributed by atoms with E-state index in [1.54, 1.807) is 30.3 Å². The van der Waals surface area contributed by atoms with Crippen LogP contribution in [0.5, 0.6) is 11.5 Å². The third-order valence-corrected chi connectivity index (χ3v) is 3.03. The number of carboxylic acids is 1. The van der Waals surface area contributed by atoms with E-state index in [1.807, 2.05) is 0 Å². The van der Waals surface area contributed by atoms with Crippen LogP contribution in [0.25, 0.3) is 5.70 Å². The van der Waals surface area contributed by atoms with Gasteiger partial charge in [0, 0.05) is 17.2 Å². The van der Waals surface area contributed by atoms with Crippen molar-refractivity contribution in [2.75, 3.05) is 7.11 Å². The van der Waals surface area contributed by atoms with E-state index in [9.17, 15) is 14.7 Å². The van der Waals surface area contributed by atoms with E-state index in [2.05, 4.69) is 5.32 Å². The fraction of sp³-hybridized carbons (Fsp3) is 0.0588. The molecule has 0 bridgehead atoms. The molecular formula is C17H14NNaO5. The summed E-state index contributed by atoms with van der Waals surface area (Å²) in [6, 6.07) is 12.4. The van der Waals surface area contributed by atoms with Gasteiger partial charge in [-0.05, 0) is 18.2 Å². The molecule has 1 amide bonds. The monoisotopic (exact) mass is 335 g/mol.